The first-order valence-electron chi connectivity index (χ1n) is 9.97. The third-order valence-corrected chi connectivity index (χ3v) is 6.29. The van der Waals surface area contributed by atoms with E-state index in [4.69, 9.17) is 24.4 Å². The first kappa shape index (κ1) is 20.0. The Labute approximate surface area is 175 Å². The van der Waals surface area contributed by atoms with E-state index in [9.17, 15) is 0 Å². The molecule has 1 fully saturated rings. The fourth-order valence-electron chi connectivity index (χ4n) is 3.54. The Hall–Kier alpha value is -2.32. The van der Waals surface area contributed by atoms with Crippen molar-refractivity contribution in [3.63, 3.8) is 0 Å². The van der Waals surface area contributed by atoms with Gasteiger partial charge in [-0.3, -0.25) is 0 Å². The molecule has 0 aliphatic carbocycles. The lowest BCUT2D eigenvalue weighted by Crippen LogP contribution is -2.37. The van der Waals surface area contributed by atoms with E-state index in [1.54, 1.807) is 18.9 Å². The van der Waals surface area contributed by atoms with Crippen LogP contribution in [0.4, 0.5) is 5.82 Å². The summed E-state index contributed by atoms with van der Waals surface area (Å²) in [7, 11) is 3.72. The van der Waals surface area contributed by atoms with Gasteiger partial charge in [-0.25, -0.2) is 15.0 Å². The smallest absolute Gasteiger partial charge is 0.192 e. The lowest BCUT2D eigenvalue weighted by atomic mass is 10.2. The molecule has 2 aromatic heterocycles. The predicted octanol–water partition coefficient (Wildman–Crippen LogP) is 3.62. The summed E-state index contributed by atoms with van der Waals surface area (Å²) in [6, 6.07) is 8.17. The lowest BCUT2D eigenvalue weighted by molar-refractivity contribution is 0.122. The SMILES string of the molecule is CCc1nc2c(N3CCOCC3)nc(SC(C)c3ccc(OC)cc3)nc2n1C. The number of fused-ring (bicyclic) bond motifs is 1. The first-order chi connectivity index (χ1) is 14.1. The number of ether oxygens (including phenoxy) is 2. The molecule has 1 aliphatic rings. The van der Waals surface area contributed by atoms with Crippen LogP contribution in [0, 0.1) is 0 Å². The molecule has 0 saturated carbocycles. The van der Waals surface area contributed by atoms with Gasteiger partial charge in [-0.15, -0.1) is 0 Å². The van der Waals surface area contributed by atoms with E-state index in [1.165, 1.54) is 5.56 Å². The van der Waals surface area contributed by atoms with Gasteiger partial charge >= 0.3 is 0 Å². The largest absolute Gasteiger partial charge is 0.497 e. The second-order valence-electron chi connectivity index (χ2n) is 7.08. The number of rotatable bonds is 6. The maximum Gasteiger partial charge on any atom is 0.192 e. The predicted molar refractivity (Wildman–Crippen MR) is 116 cm³/mol. The van der Waals surface area contributed by atoms with Crippen molar-refractivity contribution in [3.8, 4) is 5.75 Å². The van der Waals surface area contributed by atoms with E-state index in [-0.39, 0.29) is 5.25 Å². The maximum atomic E-state index is 5.53. The van der Waals surface area contributed by atoms with Crippen molar-refractivity contribution in [2.45, 2.75) is 30.7 Å². The number of hydrogen-bond acceptors (Lipinski definition) is 7. The summed E-state index contributed by atoms with van der Waals surface area (Å²) < 4.78 is 12.9. The number of hydrogen-bond donors (Lipinski definition) is 0. The molecular weight excluding hydrogens is 386 g/mol. The number of benzene rings is 1. The molecule has 1 aromatic carbocycles. The lowest BCUT2D eigenvalue weighted by Gasteiger charge is -2.28. The summed E-state index contributed by atoms with van der Waals surface area (Å²) in [5, 5.41) is 0.989. The zero-order chi connectivity index (χ0) is 20.4. The summed E-state index contributed by atoms with van der Waals surface area (Å²) in [4.78, 5) is 16.9. The number of imidazole rings is 1. The topological polar surface area (TPSA) is 65.3 Å². The second kappa shape index (κ2) is 8.59. The van der Waals surface area contributed by atoms with E-state index in [1.807, 2.05) is 19.2 Å². The van der Waals surface area contributed by atoms with Gasteiger partial charge in [-0.05, 0) is 24.6 Å². The number of aryl methyl sites for hydroxylation is 2. The quantitative estimate of drug-likeness (QED) is 0.452. The molecule has 0 N–H and O–H groups in total. The molecule has 8 heteroatoms. The Morgan fingerprint density at radius 3 is 2.52 bits per heavy atom. The minimum atomic E-state index is 0.217. The highest BCUT2D eigenvalue weighted by Crippen LogP contribution is 2.36. The normalized spacial score (nSPS) is 15.7. The summed E-state index contributed by atoms with van der Waals surface area (Å²) in [6.07, 6.45) is 0.861. The monoisotopic (exact) mass is 413 g/mol. The average Bonchev–Trinajstić information content (AvgIpc) is 3.09. The zero-order valence-electron chi connectivity index (χ0n) is 17.4. The molecule has 1 unspecified atom stereocenters. The third-order valence-electron chi connectivity index (χ3n) is 5.27. The van der Waals surface area contributed by atoms with E-state index >= 15 is 0 Å². The van der Waals surface area contributed by atoms with Crippen LogP contribution in [0.3, 0.4) is 0 Å². The Morgan fingerprint density at radius 2 is 1.86 bits per heavy atom. The van der Waals surface area contributed by atoms with Gasteiger partial charge in [0.05, 0.1) is 20.3 Å². The van der Waals surface area contributed by atoms with Crippen LogP contribution in [0.25, 0.3) is 11.2 Å². The molecule has 1 saturated heterocycles. The van der Waals surface area contributed by atoms with Crippen molar-refractivity contribution in [2.24, 2.45) is 7.05 Å². The highest BCUT2D eigenvalue weighted by Gasteiger charge is 2.22. The number of nitrogens with zero attached hydrogens (tertiary/aromatic N) is 5. The van der Waals surface area contributed by atoms with Crippen LogP contribution in [0.2, 0.25) is 0 Å². The van der Waals surface area contributed by atoms with Crippen LogP contribution >= 0.6 is 11.8 Å². The van der Waals surface area contributed by atoms with E-state index < -0.39 is 0 Å². The molecule has 29 heavy (non-hydrogen) atoms. The Bertz CT molecular complexity index is 983. The van der Waals surface area contributed by atoms with E-state index in [2.05, 4.69) is 35.4 Å². The van der Waals surface area contributed by atoms with Crippen LogP contribution in [0.1, 0.15) is 30.5 Å². The average molecular weight is 414 g/mol. The van der Waals surface area contributed by atoms with Gasteiger partial charge in [0.1, 0.15) is 11.6 Å². The summed E-state index contributed by atoms with van der Waals surface area (Å²) in [5.41, 5.74) is 2.99. The van der Waals surface area contributed by atoms with Crippen molar-refractivity contribution >= 4 is 28.7 Å². The van der Waals surface area contributed by atoms with Crippen LogP contribution < -0.4 is 9.64 Å². The summed E-state index contributed by atoms with van der Waals surface area (Å²) in [5.74, 6) is 2.80. The highest BCUT2D eigenvalue weighted by molar-refractivity contribution is 7.99. The van der Waals surface area contributed by atoms with Crippen molar-refractivity contribution < 1.29 is 9.47 Å². The van der Waals surface area contributed by atoms with Crippen LogP contribution in [0.15, 0.2) is 29.4 Å². The molecule has 0 radical (unpaired) electrons. The Morgan fingerprint density at radius 1 is 1.14 bits per heavy atom. The van der Waals surface area contributed by atoms with Gasteiger partial charge in [-0.2, -0.15) is 0 Å². The van der Waals surface area contributed by atoms with Gasteiger partial charge in [-0.1, -0.05) is 30.8 Å². The minimum absolute atomic E-state index is 0.217. The van der Waals surface area contributed by atoms with Gasteiger partial charge in [0.25, 0.3) is 0 Å². The van der Waals surface area contributed by atoms with Crippen LogP contribution in [-0.2, 0) is 18.2 Å². The van der Waals surface area contributed by atoms with Crippen molar-refractivity contribution in [2.75, 3.05) is 38.3 Å². The number of morpholine rings is 1. The molecule has 4 rings (SSSR count). The second-order valence-corrected chi connectivity index (χ2v) is 8.38. The van der Waals surface area contributed by atoms with Crippen LogP contribution in [0.5, 0.6) is 5.75 Å². The molecular formula is C21H27N5O2S. The minimum Gasteiger partial charge on any atom is -0.497 e. The first-order valence-corrected chi connectivity index (χ1v) is 10.8. The molecule has 0 bridgehead atoms. The van der Waals surface area contributed by atoms with Gasteiger partial charge in [0.15, 0.2) is 22.1 Å². The van der Waals surface area contributed by atoms with Crippen molar-refractivity contribution in [1.29, 1.82) is 0 Å². The number of methoxy groups -OCH3 is 1. The zero-order valence-corrected chi connectivity index (χ0v) is 18.2. The maximum absolute atomic E-state index is 5.53. The molecule has 1 aliphatic heterocycles. The van der Waals surface area contributed by atoms with E-state index in [0.29, 0.717) is 13.2 Å². The summed E-state index contributed by atoms with van der Waals surface area (Å²) in [6.45, 7) is 7.36. The molecule has 7 nitrogen and oxygen atoms in total. The van der Waals surface area contributed by atoms with Gasteiger partial charge in [0.2, 0.25) is 0 Å². The molecule has 1 atom stereocenters. The van der Waals surface area contributed by atoms with Crippen molar-refractivity contribution in [3.05, 3.63) is 35.7 Å². The molecule has 3 heterocycles. The molecule has 0 amide bonds. The Kier molecular flexibility index (Phi) is 5.91. The van der Waals surface area contributed by atoms with Crippen molar-refractivity contribution in [1.82, 2.24) is 19.5 Å². The standard InChI is InChI=1S/C21H27N5O2S/c1-5-17-22-18-19(25(17)3)23-21(24-20(18)26-10-12-28-13-11-26)29-14(2)15-6-8-16(27-4)9-7-15/h6-9,14H,5,10-13H2,1-4H3. The third kappa shape index (κ3) is 4.04. The van der Waals surface area contributed by atoms with E-state index in [0.717, 1.165) is 53.2 Å². The Balaban J connectivity index is 1.70. The molecule has 154 valence electrons. The fourth-order valence-corrected chi connectivity index (χ4v) is 4.43. The highest BCUT2D eigenvalue weighted by atomic mass is 32.2. The van der Waals surface area contributed by atoms with Gasteiger partial charge in [0, 0.05) is 31.8 Å². The number of thioether (sulfide) groups is 1. The van der Waals surface area contributed by atoms with Crippen LogP contribution in [-0.4, -0.2) is 52.9 Å². The molecule has 0 spiro atoms. The van der Waals surface area contributed by atoms with Gasteiger partial charge < -0.3 is 18.9 Å². The number of aromatic nitrogens is 4. The molecule has 3 aromatic rings. The number of anilines is 1. The summed E-state index contributed by atoms with van der Waals surface area (Å²) >= 11 is 1.67. The fraction of sp³-hybridized carbons (Fsp3) is 0.476.